The number of hydrogen-bond acceptors (Lipinski definition) is 3. The highest BCUT2D eigenvalue weighted by molar-refractivity contribution is 6.31. The quantitative estimate of drug-likeness (QED) is 0.847. The Morgan fingerprint density at radius 2 is 2.21 bits per heavy atom. The number of aryl methyl sites for hydroxylation is 2. The highest BCUT2D eigenvalue weighted by Gasteiger charge is 2.12. The second-order valence-corrected chi connectivity index (χ2v) is 4.90. The first-order valence-corrected chi connectivity index (χ1v) is 6.25. The van der Waals surface area contributed by atoms with E-state index in [4.69, 9.17) is 11.6 Å². The number of halogens is 1. The molecule has 2 aromatic heterocycles. The number of amides is 1. The fraction of sp³-hybridized carbons (Fsp3) is 0.417. The molecule has 0 radical (unpaired) electrons. The molecular weight excluding hydrogens is 266 g/mol. The Balaban J connectivity index is 1.95. The molecule has 0 saturated heterocycles. The lowest BCUT2D eigenvalue weighted by Gasteiger charge is -2.15. The SMILES string of the molecule is Cc1nn(CC(=O)N(C)Cc2ccn(C)n2)cc1Cl. The van der Waals surface area contributed by atoms with Crippen molar-refractivity contribution < 1.29 is 4.79 Å². The molecule has 0 aliphatic heterocycles. The van der Waals surface area contributed by atoms with Crippen molar-refractivity contribution >= 4 is 17.5 Å². The Bertz CT molecular complexity index is 569. The monoisotopic (exact) mass is 281 g/mol. The molecule has 102 valence electrons. The van der Waals surface area contributed by atoms with Crippen molar-refractivity contribution in [3.63, 3.8) is 0 Å². The van der Waals surface area contributed by atoms with E-state index in [1.807, 2.05) is 19.3 Å². The van der Waals surface area contributed by atoms with Crippen molar-refractivity contribution in [2.75, 3.05) is 7.05 Å². The second-order valence-electron chi connectivity index (χ2n) is 4.49. The van der Waals surface area contributed by atoms with Crippen molar-refractivity contribution in [3.05, 3.63) is 34.9 Å². The summed E-state index contributed by atoms with van der Waals surface area (Å²) in [6.45, 7) is 2.46. The van der Waals surface area contributed by atoms with Gasteiger partial charge in [-0.2, -0.15) is 10.2 Å². The van der Waals surface area contributed by atoms with Crippen LogP contribution in [0.5, 0.6) is 0 Å². The van der Waals surface area contributed by atoms with Crippen molar-refractivity contribution in [1.82, 2.24) is 24.5 Å². The molecule has 0 atom stereocenters. The predicted octanol–water partition coefficient (Wildman–Crippen LogP) is 1.24. The molecule has 0 saturated carbocycles. The molecule has 0 aliphatic rings. The predicted molar refractivity (Wildman–Crippen MR) is 71.7 cm³/mol. The number of carbonyl (C=O) groups excluding carboxylic acids is 1. The fourth-order valence-corrected chi connectivity index (χ4v) is 1.86. The molecule has 1 amide bonds. The molecule has 0 fully saturated rings. The van der Waals surface area contributed by atoms with Gasteiger partial charge in [-0.25, -0.2) is 0 Å². The number of rotatable bonds is 4. The largest absolute Gasteiger partial charge is 0.338 e. The summed E-state index contributed by atoms with van der Waals surface area (Å²) in [7, 11) is 3.59. The molecule has 6 nitrogen and oxygen atoms in total. The molecule has 19 heavy (non-hydrogen) atoms. The average Bonchev–Trinajstić information content (AvgIpc) is 2.86. The molecule has 7 heteroatoms. The van der Waals surface area contributed by atoms with E-state index in [1.54, 1.807) is 34.4 Å². The Kier molecular flexibility index (Phi) is 3.90. The van der Waals surface area contributed by atoms with E-state index in [-0.39, 0.29) is 12.5 Å². The molecule has 2 heterocycles. The van der Waals surface area contributed by atoms with E-state index in [2.05, 4.69) is 10.2 Å². The van der Waals surface area contributed by atoms with Gasteiger partial charge < -0.3 is 4.90 Å². The zero-order valence-corrected chi connectivity index (χ0v) is 11.9. The number of carbonyl (C=O) groups is 1. The van der Waals surface area contributed by atoms with Crippen LogP contribution in [0.2, 0.25) is 5.02 Å². The van der Waals surface area contributed by atoms with Gasteiger partial charge in [-0.3, -0.25) is 14.2 Å². The first-order valence-electron chi connectivity index (χ1n) is 5.87. The standard InChI is InChI=1S/C12H16ClN5O/c1-9-11(13)7-18(14-9)8-12(19)16(2)6-10-4-5-17(3)15-10/h4-5,7H,6,8H2,1-3H3. The number of likely N-dealkylation sites (N-methyl/N-ethyl adjacent to an activating group) is 1. The summed E-state index contributed by atoms with van der Waals surface area (Å²) in [6, 6.07) is 1.89. The van der Waals surface area contributed by atoms with Crippen molar-refractivity contribution in [3.8, 4) is 0 Å². The normalized spacial score (nSPS) is 10.7. The van der Waals surface area contributed by atoms with Crippen LogP contribution in [0, 0.1) is 6.92 Å². The first-order chi connectivity index (χ1) is 8.95. The Labute approximate surface area is 116 Å². The summed E-state index contributed by atoms with van der Waals surface area (Å²) in [5, 5.41) is 8.97. The van der Waals surface area contributed by atoms with Crippen molar-refractivity contribution in [2.24, 2.45) is 7.05 Å². The van der Waals surface area contributed by atoms with Crippen LogP contribution in [0.1, 0.15) is 11.4 Å². The van der Waals surface area contributed by atoms with Gasteiger partial charge in [0.2, 0.25) is 5.91 Å². The van der Waals surface area contributed by atoms with Crippen LogP contribution < -0.4 is 0 Å². The zero-order chi connectivity index (χ0) is 14.0. The smallest absolute Gasteiger partial charge is 0.244 e. The maximum absolute atomic E-state index is 12.0. The average molecular weight is 282 g/mol. The first kappa shape index (κ1) is 13.6. The number of nitrogens with zero attached hydrogens (tertiary/aromatic N) is 5. The molecule has 2 aromatic rings. The minimum atomic E-state index is -0.0372. The van der Waals surface area contributed by atoms with Crippen LogP contribution in [0.3, 0.4) is 0 Å². The topological polar surface area (TPSA) is 56.0 Å². The summed E-state index contributed by atoms with van der Waals surface area (Å²) in [5.74, 6) is -0.0372. The van der Waals surface area contributed by atoms with Gasteiger partial charge in [0.15, 0.2) is 0 Å². The molecule has 0 spiro atoms. The van der Waals surface area contributed by atoms with Gasteiger partial charge in [-0.15, -0.1) is 0 Å². The minimum absolute atomic E-state index is 0.0372. The van der Waals surface area contributed by atoms with Crippen LogP contribution in [-0.4, -0.2) is 37.4 Å². The molecule has 0 aliphatic carbocycles. The highest BCUT2D eigenvalue weighted by Crippen LogP contribution is 2.12. The molecule has 0 bridgehead atoms. The van der Waals surface area contributed by atoms with Crippen molar-refractivity contribution in [2.45, 2.75) is 20.0 Å². The summed E-state index contributed by atoms with van der Waals surface area (Å²) < 4.78 is 3.26. The molecule has 2 rings (SSSR count). The van der Waals surface area contributed by atoms with Crippen LogP contribution in [0.4, 0.5) is 0 Å². The van der Waals surface area contributed by atoms with Gasteiger partial charge in [-0.1, -0.05) is 11.6 Å². The fourth-order valence-electron chi connectivity index (χ4n) is 1.71. The molecule has 0 N–H and O–H groups in total. The van der Waals surface area contributed by atoms with Gasteiger partial charge in [0, 0.05) is 26.5 Å². The van der Waals surface area contributed by atoms with Gasteiger partial charge in [0.05, 0.1) is 23.0 Å². The third kappa shape index (κ3) is 3.35. The Morgan fingerprint density at radius 1 is 1.47 bits per heavy atom. The number of hydrogen-bond donors (Lipinski definition) is 0. The van der Waals surface area contributed by atoms with Gasteiger partial charge in [0.1, 0.15) is 6.54 Å². The number of aromatic nitrogens is 4. The lowest BCUT2D eigenvalue weighted by Crippen LogP contribution is -2.30. The zero-order valence-electron chi connectivity index (χ0n) is 11.2. The second kappa shape index (κ2) is 5.44. The highest BCUT2D eigenvalue weighted by atomic mass is 35.5. The van der Waals surface area contributed by atoms with E-state index in [0.29, 0.717) is 11.6 Å². The van der Waals surface area contributed by atoms with Crippen LogP contribution in [0.15, 0.2) is 18.5 Å². The van der Waals surface area contributed by atoms with E-state index in [9.17, 15) is 4.79 Å². The molecule has 0 aromatic carbocycles. The van der Waals surface area contributed by atoms with Gasteiger partial charge >= 0.3 is 0 Å². The van der Waals surface area contributed by atoms with Crippen LogP contribution in [0.25, 0.3) is 0 Å². The lowest BCUT2D eigenvalue weighted by atomic mass is 10.4. The van der Waals surface area contributed by atoms with E-state index < -0.39 is 0 Å². The van der Waals surface area contributed by atoms with Gasteiger partial charge in [0.25, 0.3) is 0 Å². The Morgan fingerprint density at radius 3 is 2.74 bits per heavy atom. The van der Waals surface area contributed by atoms with Crippen LogP contribution >= 0.6 is 11.6 Å². The third-order valence-electron chi connectivity index (χ3n) is 2.78. The summed E-state index contributed by atoms with van der Waals surface area (Å²) >= 11 is 5.90. The van der Waals surface area contributed by atoms with Crippen molar-refractivity contribution in [1.29, 1.82) is 0 Å². The molecule has 0 unspecified atom stereocenters. The van der Waals surface area contributed by atoms with Gasteiger partial charge in [-0.05, 0) is 13.0 Å². The van der Waals surface area contributed by atoms with E-state index in [1.165, 1.54) is 0 Å². The summed E-state index contributed by atoms with van der Waals surface area (Å²) in [5.41, 5.74) is 1.58. The molecular formula is C12H16ClN5O. The Hall–Kier alpha value is -1.82. The van der Waals surface area contributed by atoms with Crippen LogP contribution in [-0.2, 0) is 24.9 Å². The minimum Gasteiger partial charge on any atom is -0.338 e. The van der Waals surface area contributed by atoms with E-state index in [0.717, 1.165) is 11.4 Å². The maximum atomic E-state index is 12.0. The lowest BCUT2D eigenvalue weighted by molar-refractivity contribution is -0.131. The van der Waals surface area contributed by atoms with E-state index >= 15 is 0 Å². The maximum Gasteiger partial charge on any atom is 0.244 e. The summed E-state index contributed by atoms with van der Waals surface area (Å²) in [4.78, 5) is 13.6. The summed E-state index contributed by atoms with van der Waals surface area (Å²) in [6.07, 6.45) is 3.51. The third-order valence-corrected chi connectivity index (χ3v) is 3.15.